The van der Waals surface area contributed by atoms with E-state index >= 15 is 0 Å². The quantitative estimate of drug-likeness (QED) is 0.642. The number of aromatic nitrogens is 3. The first-order chi connectivity index (χ1) is 12.6. The third kappa shape index (κ3) is 4.35. The predicted molar refractivity (Wildman–Crippen MR) is 108 cm³/mol. The van der Waals surface area contributed by atoms with Crippen LogP contribution >= 0.6 is 11.3 Å². The van der Waals surface area contributed by atoms with Gasteiger partial charge in [0.15, 0.2) is 11.1 Å². The molecule has 0 bridgehead atoms. The van der Waals surface area contributed by atoms with Gasteiger partial charge in [-0.05, 0) is 19.3 Å². The van der Waals surface area contributed by atoms with Crippen molar-refractivity contribution in [3.05, 3.63) is 29.8 Å². The summed E-state index contributed by atoms with van der Waals surface area (Å²) in [5.41, 5.74) is 1.02. The standard InChI is InChI=1S/C18H29N7S/c1-5-20-17(21-10-15-12-26-18(22-15)23(3)4)24-8-6-14(2)16(11-24)25-9-7-19-13-25/h7,9,12-14,16H,5-6,8,10-11H2,1-4H3,(H,20,21). The van der Waals surface area contributed by atoms with Crippen LogP contribution in [-0.4, -0.2) is 59.1 Å². The van der Waals surface area contributed by atoms with E-state index in [2.05, 4.69) is 50.2 Å². The smallest absolute Gasteiger partial charge is 0.194 e. The minimum absolute atomic E-state index is 0.426. The van der Waals surface area contributed by atoms with E-state index in [0.29, 0.717) is 18.5 Å². The van der Waals surface area contributed by atoms with Gasteiger partial charge >= 0.3 is 0 Å². The number of nitrogens with one attached hydrogen (secondary N) is 1. The lowest BCUT2D eigenvalue weighted by atomic mass is 9.93. The van der Waals surface area contributed by atoms with E-state index in [0.717, 1.165) is 42.8 Å². The van der Waals surface area contributed by atoms with Gasteiger partial charge in [0, 0.05) is 51.5 Å². The molecular formula is C18H29N7S. The molecule has 0 aromatic carbocycles. The van der Waals surface area contributed by atoms with Crippen molar-refractivity contribution in [2.24, 2.45) is 10.9 Å². The topological polar surface area (TPSA) is 61.6 Å². The molecule has 1 fully saturated rings. The van der Waals surface area contributed by atoms with Crippen LogP contribution in [0.3, 0.4) is 0 Å². The maximum absolute atomic E-state index is 4.85. The van der Waals surface area contributed by atoms with E-state index in [1.54, 1.807) is 11.3 Å². The monoisotopic (exact) mass is 375 g/mol. The molecule has 0 spiro atoms. The van der Waals surface area contributed by atoms with Crippen LogP contribution in [0.15, 0.2) is 29.1 Å². The summed E-state index contributed by atoms with van der Waals surface area (Å²) in [6.45, 7) is 7.88. The third-order valence-corrected chi connectivity index (χ3v) is 5.83. The fraction of sp³-hybridized carbons (Fsp3) is 0.611. The molecule has 2 aromatic rings. The summed E-state index contributed by atoms with van der Waals surface area (Å²) in [6.07, 6.45) is 6.99. The summed E-state index contributed by atoms with van der Waals surface area (Å²) in [7, 11) is 4.03. The number of guanidine groups is 1. The predicted octanol–water partition coefficient (Wildman–Crippen LogP) is 2.45. The first-order valence-corrected chi connectivity index (χ1v) is 10.1. The van der Waals surface area contributed by atoms with Gasteiger partial charge in [-0.25, -0.2) is 15.0 Å². The molecule has 0 saturated carbocycles. The summed E-state index contributed by atoms with van der Waals surface area (Å²) >= 11 is 1.66. The molecule has 8 heteroatoms. The van der Waals surface area contributed by atoms with Crippen molar-refractivity contribution in [2.45, 2.75) is 32.9 Å². The molecule has 142 valence electrons. The van der Waals surface area contributed by atoms with Crippen LogP contribution < -0.4 is 10.2 Å². The Hall–Kier alpha value is -2.09. The average Bonchev–Trinajstić information content (AvgIpc) is 3.31. The van der Waals surface area contributed by atoms with Crippen LogP contribution in [-0.2, 0) is 6.54 Å². The molecule has 0 radical (unpaired) electrons. The summed E-state index contributed by atoms with van der Waals surface area (Å²) in [6, 6.07) is 0.426. The highest BCUT2D eigenvalue weighted by molar-refractivity contribution is 7.13. The van der Waals surface area contributed by atoms with Gasteiger partial charge in [0.05, 0.1) is 24.6 Å². The van der Waals surface area contributed by atoms with Gasteiger partial charge in [-0.2, -0.15) is 0 Å². The van der Waals surface area contributed by atoms with Crippen LogP contribution in [0.4, 0.5) is 5.13 Å². The number of likely N-dealkylation sites (tertiary alicyclic amines) is 1. The van der Waals surface area contributed by atoms with Gasteiger partial charge in [-0.1, -0.05) is 6.92 Å². The molecule has 1 aliphatic rings. The fourth-order valence-corrected chi connectivity index (χ4v) is 4.00. The lowest BCUT2D eigenvalue weighted by Crippen LogP contribution is -2.49. The maximum atomic E-state index is 4.85. The molecule has 1 saturated heterocycles. The zero-order chi connectivity index (χ0) is 18.5. The highest BCUT2D eigenvalue weighted by Crippen LogP contribution is 2.27. The van der Waals surface area contributed by atoms with Crippen molar-refractivity contribution < 1.29 is 0 Å². The van der Waals surface area contributed by atoms with Crippen molar-refractivity contribution in [2.75, 3.05) is 38.6 Å². The van der Waals surface area contributed by atoms with E-state index in [-0.39, 0.29) is 0 Å². The largest absolute Gasteiger partial charge is 0.357 e. The van der Waals surface area contributed by atoms with Gasteiger partial charge in [0.25, 0.3) is 0 Å². The number of anilines is 1. The van der Waals surface area contributed by atoms with Gasteiger partial charge in [-0.15, -0.1) is 11.3 Å². The minimum Gasteiger partial charge on any atom is -0.357 e. The van der Waals surface area contributed by atoms with Crippen LogP contribution in [0.5, 0.6) is 0 Å². The zero-order valence-corrected chi connectivity index (χ0v) is 16.9. The Morgan fingerprint density at radius 1 is 1.46 bits per heavy atom. The van der Waals surface area contributed by atoms with Gasteiger partial charge in [-0.3, -0.25) is 0 Å². The number of aliphatic imine (C=N–C) groups is 1. The van der Waals surface area contributed by atoms with Crippen molar-refractivity contribution >= 4 is 22.4 Å². The van der Waals surface area contributed by atoms with Gasteiger partial charge in [0.1, 0.15) is 0 Å². The van der Waals surface area contributed by atoms with Crippen LogP contribution in [0, 0.1) is 5.92 Å². The SMILES string of the molecule is CCNC(=NCc1csc(N(C)C)n1)N1CCC(C)C(n2ccnc2)C1. The minimum atomic E-state index is 0.426. The number of piperidine rings is 1. The Labute approximate surface area is 159 Å². The Morgan fingerprint density at radius 3 is 2.96 bits per heavy atom. The van der Waals surface area contributed by atoms with Gasteiger partial charge in [0.2, 0.25) is 0 Å². The normalized spacial score (nSPS) is 21.1. The Bertz CT molecular complexity index is 707. The Kier molecular flexibility index (Phi) is 6.13. The van der Waals surface area contributed by atoms with Crippen molar-refractivity contribution in [1.82, 2.24) is 24.8 Å². The van der Waals surface area contributed by atoms with E-state index in [1.165, 1.54) is 0 Å². The molecular weight excluding hydrogens is 346 g/mol. The lowest BCUT2D eigenvalue weighted by Gasteiger charge is -2.39. The van der Waals surface area contributed by atoms with Gasteiger partial charge < -0.3 is 19.7 Å². The highest BCUT2D eigenvalue weighted by atomic mass is 32.1. The second-order valence-corrected chi connectivity index (χ2v) is 7.81. The van der Waals surface area contributed by atoms with Crippen molar-refractivity contribution in [3.8, 4) is 0 Å². The molecule has 26 heavy (non-hydrogen) atoms. The molecule has 2 aromatic heterocycles. The van der Waals surface area contributed by atoms with E-state index < -0.39 is 0 Å². The first kappa shape index (κ1) is 18.7. The van der Waals surface area contributed by atoms with E-state index in [4.69, 9.17) is 4.99 Å². The second kappa shape index (κ2) is 8.53. The number of hydrogen-bond acceptors (Lipinski definition) is 5. The molecule has 3 rings (SSSR count). The molecule has 0 amide bonds. The highest BCUT2D eigenvalue weighted by Gasteiger charge is 2.28. The Balaban J connectivity index is 1.71. The molecule has 1 N–H and O–H groups in total. The number of hydrogen-bond donors (Lipinski definition) is 1. The molecule has 2 unspecified atom stereocenters. The van der Waals surface area contributed by atoms with Crippen molar-refractivity contribution in [1.29, 1.82) is 0 Å². The lowest BCUT2D eigenvalue weighted by molar-refractivity contribution is 0.189. The van der Waals surface area contributed by atoms with Crippen LogP contribution in [0.2, 0.25) is 0 Å². The van der Waals surface area contributed by atoms with E-state index in [1.807, 2.05) is 31.5 Å². The summed E-state index contributed by atoms with van der Waals surface area (Å²) in [4.78, 5) is 18.1. The van der Waals surface area contributed by atoms with Crippen LogP contribution in [0.1, 0.15) is 32.0 Å². The molecule has 3 heterocycles. The number of imidazole rings is 1. The Morgan fingerprint density at radius 2 is 2.31 bits per heavy atom. The van der Waals surface area contributed by atoms with Crippen LogP contribution in [0.25, 0.3) is 0 Å². The van der Waals surface area contributed by atoms with E-state index in [9.17, 15) is 0 Å². The molecule has 7 nitrogen and oxygen atoms in total. The second-order valence-electron chi connectivity index (χ2n) is 6.98. The van der Waals surface area contributed by atoms with Crippen molar-refractivity contribution in [3.63, 3.8) is 0 Å². The summed E-state index contributed by atoms with van der Waals surface area (Å²) in [5, 5.41) is 6.56. The fourth-order valence-electron chi connectivity index (χ4n) is 3.25. The first-order valence-electron chi connectivity index (χ1n) is 9.21. The molecule has 1 aliphatic heterocycles. The number of nitrogens with zero attached hydrogens (tertiary/aromatic N) is 6. The molecule has 0 aliphatic carbocycles. The summed E-state index contributed by atoms with van der Waals surface area (Å²) in [5.74, 6) is 1.61. The zero-order valence-electron chi connectivity index (χ0n) is 16.1. The third-order valence-electron chi connectivity index (χ3n) is 4.77. The molecule has 2 atom stereocenters. The number of thiazole rings is 1. The maximum Gasteiger partial charge on any atom is 0.194 e. The summed E-state index contributed by atoms with van der Waals surface area (Å²) < 4.78 is 2.23. The number of rotatable bonds is 5. The average molecular weight is 376 g/mol.